The molecule has 0 saturated carbocycles. The van der Waals surface area contributed by atoms with Crippen molar-refractivity contribution in [2.75, 3.05) is 33.4 Å². The Labute approximate surface area is 132 Å². The van der Waals surface area contributed by atoms with Gasteiger partial charge >= 0.3 is 0 Å². The number of ether oxygens (including phenoxy) is 1. The highest BCUT2D eigenvalue weighted by atomic mass is 35.5. The van der Waals surface area contributed by atoms with Gasteiger partial charge in [-0.2, -0.15) is 0 Å². The number of carbonyl (C=O) groups excluding carboxylic acids is 1. The van der Waals surface area contributed by atoms with Gasteiger partial charge in [0.15, 0.2) is 0 Å². The Hall–Kier alpha value is -1.24. The quantitative estimate of drug-likeness (QED) is 0.707. The highest BCUT2D eigenvalue weighted by Gasteiger charge is 2.15. The van der Waals surface area contributed by atoms with Gasteiger partial charge in [0.05, 0.1) is 17.9 Å². The number of amides is 1. The van der Waals surface area contributed by atoms with Crippen molar-refractivity contribution in [1.29, 1.82) is 0 Å². The summed E-state index contributed by atoms with van der Waals surface area (Å²) in [5.74, 6) is 0.756. The van der Waals surface area contributed by atoms with E-state index in [9.17, 15) is 4.79 Å². The van der Waals surface area contributed by atoms with E-state index in [0.29, 0.717) is 31.1 Å². The standard InChI is InChI=1S/C14H24N4O2.ClH/c1-10(2)13-12(9-17-11(3)18-13)14(19)16-6-5-15-7-8-20-4;/h9-10,15H,5-8H2,1-4H3,(H,16,19);1H. The second kappa shape index (κ2) is 10.5. The zero-order chi connectivity index (χ0) is 15.0. The molecule has 1 aromatic heterocycles. The summed E-state index contributed by atoms with van der Waals surface area (Å²) in [6.45, 7) is 8.57. The molecule has 0 aliphatic heterocycles. The minimum atomic E-state index is -0.123. The SMILES string of the molecule is COCCNCCNC(=O)c1cnc(C)nc1C(C)C.Cl. The lowest BCUT2D eigenvalue weighted by molar-refractivity contribution is 0.0951. The van der Waals surface area contributed by atoms with E-state index in [4.69, 9.17) is 4.74 Å². The van der Waals surface area contributed by atoms with Crippen molar-refractivity contribution in [3.63, 3.8) is 0 Å². The molecule has 6 nitrogen and oxygen atoms in total. The van der Waals surface area contributed by atoms with Crippen LogP contribution in [-0.2, 0) is 4.74 Å². The maximum absolute atomic E-state index is 12.1. The molecule has 0 aliphatic carbocycles. The number of aryl methyl sites for hydroxylation is 1. The summed E-state index contributed by atoms with van der Waals surface area (Å²) in [4.78, 5) is 20.6. The monoisotopic (exact) mass is 316 g/mol. The summed E-state index contributed by atoms with van der Waals surface area (Å²) in [5, 5.41) is 6.04. The number of nitrogens with zero attached hydrogens (tertiary/aromatic N) is 2. The minimum absolute atomic E-state index is 0. The Morgan fingerprint density at radius 1 is 1.33 bits per heavy atom. The van der Waals surface area contributed by atoms with Crippen LogP contribution in [0.1, 0.15) is 41.6 Å². The Balaban J connectivity index is 0.00000400. The first kappa shape index (κ1) is 19.8. The van der Waals surface area contributed by atoms with Crippen LogP contribution < -0.4 is 10.6 Å². The van der Waals surface area contributed by atoms with Crippen molar-refractivity contribution in [3.8, 4) is 0 Å². The van der Waals surface area contributed by atoms with Gasteiger partial charge in [-0.05, 0) is 12.8 Å². The summed E-state index contributed by atoms with van der Waals surface area (Å²) in [6.07, 6.45) is 1.60. The average Bonchev–Trinajstić information content (AvgIpc) is 2.42. The van der Waals surface area contributed by atoms with Crippen LogP contribution in [0.15, 0.2) is 6.20 Å². The molecular weight excluding hydrogens is 292 g/mol. The van der Waals surface area contributed by atoms with Crippen molar-refractivity contribution in [1.82, 2.24) is 20.6 Å². The first-order valence-corrected chi connectivity index (χ1v) is 6.87. The lowest BCUT2D eigenvalue weighted by Crippen LogP contribution is -2.33. The maximum atomic E-state index is 12.1. The van der Waals surface area contributed by atoms with E-state index >= 15 is 0 Å². The third kappa shape index (κ3) is 6.84. The molecule has 7 heteroatoms. The number of hydrogen-bond donors (Lipinski definition) is 2. The van der Waals surface area contributed by atoms with Gasteiger partial charge in [0, 0.05) is 32.9 Å². The molecule has 0 bridgehead atoms. The van der Waals surface area contributed by atoms with Crippen molar-refractivity contribution in [2.24, 2.45) is 0 Å². The van der Waals surface area contributed by atoms with Gasteiger partial charge in [-0.3, -0.25) is 4.79 Å². The van der Waals surface area contributed by atoms with Gasteiger partial charge in [-0.1, -0.05) is 13.8 Å². The highest BCUT2D eigenvalue weighted by molar-refractivity contribution is 5.95. The van der Waals surface area contributed by atoms with Crippen molar-refractivity contribution < 1.29 is 9.53 Å². The average molecular weight is 317 g/mol. The first-order valence-electron chi connectivity index (χ1n) is 6.87. The van der Waals surface area contributed by atoms with Crippen molar-refractivity contribution in [3.05, 3.63) is 23.3 Å². The second-order valence-electron chi connectivity index (χ2n) is 4.87. The smallest absolute Gasteiger partial charge is 0.254 e. The predicted molar refractivity (Wildman–Crippen MR) is 85.2 cm³/mol. The van der Waals surface area contributed by atoms with Crippen LogP contribution in [0.4, 0.5) is 0 Å². The highest BCUT2D eigenvalue weighted by Crippen LogP contribution is 2.16. The van der Waals surface area contributed by atoms with Crippen LogP contribution >= 0.6 is 12.4 Å². The predicted octanol–water partition coefficient (Wildman–Crippen LogP) is 1.30. The van der Waals surface area contributed by atoms with Crippen LogP contribution in [-0.4, -0.2) is 49.2 Å². The van der Waals surface area contributed by atoms with E-state index < -0.39 is 0 Å². The van der Waals surface area contributed by atoms with E-state index in [0.717, 1.165) is 12.2 Å². The van der Waals surface area contributed by atoms with Gasteiger partial charge in [0.1, 0.15) is 5.82 Å². The Morgan fingerprint density at radius 3 is 2.67 bits per heavy atom. The van der Waals surface area contributed by atoms with E-state index in [2.05, 4.69) is 20.6 Å². The molecule has 0 spiro atoms. The molecule has 120 valence electrons. The molecule has 1 aromatic rings. The molecule has 0 radical (unpaired) electrons. The number of hydrogen-bond acceptors (Lipinski definition) is 5. The van der Waals surface area contributed by atoms with Crippen molar-refractivity contribution >= 4 is 18.3 Å². The third-order valence-electron chi connectivity index (χ3n) is 2.80. The van der Waals surface area contributed by atoms with Gasteiger partial charge in [-0.25, -0.2) is 9.97 Å². The van der Waals surface area contributed by atoms with Gasteiger partial charge in [0.25, 0.3) is 5.91 Å². The molecule has 1 amide bonds. The van der Waals surface area contributed by atoms with Crippen LogP contribution in [0, 0.1) is 6.92 Å². The molecule has 1 heterocycles. The van der Waals surface area contributed by atoms with Crippen LogP contribution in [0.2, 0.25) is 0 Å². The first-order chi connectivity index (χ1) is 9.56. The molecule has 21 heavy (non-hydrogen) atoms. The fourth-order valence-corrected chi connectivity index (χ4v) is 1.76. The lowest BCUT2D eigenvalue weighted by atomic mass is 10.0. The topological polar surface area (TPSA) is 76.1 Å². The minimum Gasteiger partial charge on any atom is -0.383 e. The molecule has 0 fully saturated rings. The number of nitrogens with one attached hydrogen (secondary N) is 2. The maximum Gasteiger partial charge on any atom is 0.254 e. The summed E-state index contributed by atoms with van der Waals surface area (Å²) in [6, 6.07) is 0. The fraction of sp³-hybridized carbons (Fsp3) is 0.643. The largest absolute Gasteiger partial charge is 0.383 e. The van der Waals surface area contributed by atoms with Crippen LogP contribution in [0.5, 0.6) is 0 Å². The van der Waals surface area contributed by atoms with Crippen LogP contribution in [0.25, 0.3) is 0 Å². The van der Waals surface area contributed by atoms with E-state index in [1.165, 1.54) is 0 Å². The number of aromatic nitrogens is 2. The van der Waals surface area contributed by atoms with E-state index in [1.807, 2.05) is 20.8 Å². The van der Waals surface area contributed by atoms with Crippen LogP contribution in [0.3, 0.4) is 0 Å². The summed E-state index contributed by atoms with van der Waals surface area (Å²) in [7, 11) is 1.66. The molecule has 0 unspecified atom stereocenters. The molecule has 2 N–H and O–H groups in total. The molecular formula is C14H25ClN4O2. The van der Waals surface area contributed by atoms with E-state index in [-0.39, 0.29) is 24.2 Å². The number of halogens is 1. The lowest BCUT2D eigenvalue weighted by Gasteiger charge is -2.12. The normalized spacial score (nSPS) is 10.3. The molecule has 0 atom stereocenters. The summed E-state index contributed by atoms with van der Waals surface area (Å²) >= 11 is 0. The molecule has 0 saturated heterocycles. The molecule has 1 rings (SSSR count). The molecule has 0 aliphatic rings. The number of carbonyl (C=O) groups is 1. The summed E-state index contributed by atoms with van der Waals surface area (Å²) < 4.78 is 4.93. The Bertz CT molecular complexity index is 441. The second-order valence-corrected chi connectivity index (χ2v) is 4.87. The van der Waals surface area contributed by atoms with Gasteiger partial charge in [0.2, 0.25) is 0 Å². The van der Waals surface area contributed by atoms with Gasteiger partial charge in [-0.15, -0.1) is 12.4 Å². The Morgan fingerprint density at radius 2 is 2.05 bits per heavy atom. The Kier molecular flexibility index (Phi) is 9.86. The third-order valence-corrected chi connectivity index (χ3v) is 2.80. The summed E-state index contributed by atoms with van der Waals surface area (Å²) in [5.41, 5.74) is 1.35. The zero-order valence-corrected chi connectivity index (χ0v) is 13.9. The van der Waals surface area contributed by atoms with E-state index in [1.54, 1.807) is 13.3 Å². The molecule has 0 aromatic carbocycles. The number of methoxy groups -OCH3 is 1. The number of rotatable bonds is 8. The zero-order valence-electron chi connectivity index (χ0n) is 13.1. The van der Waals surface area contributed by atoms with Gasteiger partial charge < -0.3 is 15.4 Å². The fourth-order valence-electron chi connectivity index (χ4n) is 1.76. The van der Waals surface area contributed by atoms with Crippen molar-refractivity contribution in [2.45, 2.75) is 26.7 Å².